The molecular formula is C11H15BrN2S. The normalized spacial score (nSPS) is 29.5. The van der Waals surface area contributed by atoms with Crippen LogP contribution in [0.5, 0.6) is 0 Å². The molecule has 3 rings (SSSR count). The van der Waals surface area contributed by atoms with Gasteiger partial charge in [0.05, 0.1) is 3.79 Å². The van der Waals surface area contributed by atoms with Crippen LogP contribution in [0.3, 0.4) is 0 Å². The van der Waals surface area contributed by atoms with Gasteiger partial charge in [-0.15, -0.1) is 11.3 Å². The highest BCUT2D eigenvalue weighted by atomic mass is 79.9. The molecule has 3 heterocycles. The monoisotopic (exact) mass is 286 g/mol. The maximum absolute atomic E-state index is 5.83. The molecule has 15 heavy (non-hydrogen) atoms. The zero-order valence-electron chi connectivity index (χ0n) is 8.79. The average molecular weight is 287 g/mol. The third-order valence-corrected chi connectivity index (χ3v) is 6.01. The van der Waals surface area contributed by atoms with Crippen molar-refractivity contribution in [3.05, 3.63) is 19.8 Å². The summed E-state index contributed by atoms with van der Waals surface area (Å²) in [5, 5.41) is 0. The van der Waals surface area contributed by atoms with E-state index >= 15 is 0 Å². The second kappa shape index (κ2) is 3.55. The first-order valence-electron chi connectivity index (χ1n) is 5.44. The van der Waals surface area contributed by atoms with Gasteiger partial charge in [-0.3, -0.25) is 4.90 Å². The summed E-state index contributed by atoms with van der Waals surface area (Å²) < 4.78 is 1.26. The van der Waals surface area contributed by atoms with Gasteiger partial charge in [0.25, 0.3) is 0 Å². The molecule has 1 aromatic rings. The van der Waals surface area contributed by atoms with Crippen molar-refractivity contribution in [1.82, 2.24) is 4.90 Å². The summed E-state index contributed by atoms with van der Waals surface area (Å²) in [4.78, 5) is 4.12. The van der Waals surface area contributed by atoms with Gasteiger partial charge >= 0.3 is 0 Å². The van der Waals surface area contributed by atoms with Crippen molar-refractivity contribution in [2.75, 3.05) is 7.05 Å². The fraction of sp³-hybridized carbons (Fsp3) is 0.636. The Hall–Kier alpha value is 0.1000. The van der Waals surface area contributed by atoms with Crippen LogP contribution < -0.4 is 5.73 Å². The minimum atomic E-state index is 0.667. The number of likely N-dealkylation sites (N-methyl/N-ethyl adjacent to an activating group) is 1. The lowest BCUT2D eigenvalue weighted by molar-refractivity contribution is 0.228. The van der Waals surface area contributed by atoms with Crippen LogP contribution in [-0.4, -0.2) is 18.0 Å². The van der Waals surface area contributed by atoms with E-state index in [-0.39, 0.29) is 0 Å². The molecule has 2 unspecified atom stereocenters. The lowest BCUT2D eigenvalue weighted by atomic mass is 9.98. The van der Waals surface area contributed by atoms with E-state index in [0.717, 1.165) is 6.04 Å². The molecular weight excluding hydrogens is 272 g/mol. The molecule has 0 amide bonds. The van der Waals surface area contributed by atoms with Crippen LogP contribution in [0.15, 0.2) is 3.79 Å². The van der Waals surface area contributed by atoms with Crippen molar-refractivity contribution in [1.29, 1.82) is 0 Å². The molecule has 2 nitrogen and oxygen atoms in total. The summed E-state index contributed by atoms with van der Waals surface area (Å²) in [5.41, 5.74) is 8.74. The van der Waals surface area contributed by atoms with E-state index in [1.807, 2.05) is 11.3 Å². The van der Waals surface area contributed by atoms with E-state index in [1.165, 1.54) is 28.6 Å². The van der Waals surface area contributed by atoms with E-state index in [9.17, 15) is 0 Å². The maximum atomic E-state index is 5.83. The molecule has 2 N–H and O–H groups in total. The van der Waals surface area contributed by atoms with Crippen LogP contribution in [0.2, 0.25) is 0 Å². The molecule has 1 saturated heterocycles. The maximum Gasteiger partial charge on any atom is 0.0749 e. The summed E-state index contributed by atoms with van der Waals surface area (Å²) >= 11 is 5.55. The Morgan fingerprint density at radius 2 is 2.33 bits per heavy atom. The first kappa shape index (κ1) is 10.3. The summed E-state index contributed by atoms with van der Waals surface area (Å²) in [5.74, 6) is 0. The lowest BCUT2D eigenvalue weighted by Crippen LogP contribution is -2.33. The van der Waals surface area contributed by atoms with Gasteiger partial charge in [0.1, 0.15) is 0 Å². The fourth-order valence-electron chi connectivity index (χ4n) is 2.99. The Balaban J connectivity index is 2.13. The quantitative estimate of drug-likeness (QED) is 0.860. The largest absolute Gasteiger partial charge is 0.326 e. The molecule has 0 aromatic carbocycles. The number of thiophene rings is 1. The van der Waals surface area contributed by atoms with Crippen LogP contribution in [-0.2, 0) is 13.0 Å². The van der Waals surface area contributed by atoms with Gasteiger partial charge in [-0.05, 0) is 53.4 Å². The number of nitrogens with two attached hydrogens (primary N) is 1. The van der Waals surface area contributed by atoms with Crippen molar-refractivity contribution in [2.45, 2.75) is 37.9 Å². The fourth-order valence-corrected chi connectivity index (χ4v) is 5.19. The highest BCUT2D eigenvalue weighted by Crippen LogP contribution is 2.49. The molecule has 0 spiro atoms. The number of fused-ring (bicyclic) bond motifs is 4. The molecule has 2 atom stereocenters. The van der Waals surface area contributed by atoms with Crippen LogP contribution >= 0.6 is 27.3 Å². The summed E-state index contributed by atoms with van der Waals surface area (Å²) in [6.07, 6.45) is 3.88. The van der Waals surface area contributed by atoms with Crippen molar-refractivity contribution in [3.63, 3.8) is 0 Å². The molecule has 1 aromatic heterocycles. The molecule has 1 fully saturated rings. The van der Waals surface area contributed by atoms with Gasteiger partial charge in [0, 0.05) is 23.5 Å². The van der Waals surface area contributed by atoms with Crippen LogP contribution in [0, 0.1) is 0 Å². The predicted octanol–water partition coefficient (Wildman–Crippen LogP) is 2.66. The Morgan fingerprint density at radius 3 is 3.07 bits per heavy atom. The lowest BCUT2D eigenvalue weighted by Gasteiger charge is -2.31. The van der Waals surface area contributed by atoms with Gasteiger partial charge in [-0.2, -0.15) is 0 Å². The molecule has 82 valence electrons. The van der Waals surface area contributed by atoms with Crippen LogP contribution in [0.25, 0.3) is 0 Å². The molecule has 4 heteroatoms. The highest BCUT2D eigenvalue weighted by molar-refractivity contribution is 9.11. The van der Waals surface area contributed by atoms with Crippen molar-refractivity contribution in [2.24, 2.45) is 5.73 Å². The second-order valence-corrected chi connectivity index (χ2v) is 6.89. The Bertz CT molecular complexity index is 402. The van der Waals surface area contributed by atoms with Crippen molar-refractivity contribution in [3.8, 4) is 0 Å². The predicted molar refractivity (Wildman–Crippen MR) is 67.1 cm³/mol. The van der Waals surface area contributed by atoms with Gasteiger partial charge < -0.3 is 5.73 Å². The highest BCUT2D eigenvalue weighted by Gasteiger charge is 2.40. The number of hydrogen-bond donors (Lipinski definition) is 1. The number of rotatable bonds is 1. The van der Waals surface area contributed by atoms with Crippen molar-refractivity contribution >= 4 is 27.3 Å². The number of nitrogens with zero attached hydrogens (tertiary/aromatic N) is 1. The SMILES string of the molecule is CN1C2CCC1c1sc(Br)c(CN)c1C2. The zero-order valence-corrected chi connectivity index (χ0v) is 11.2. The van der Waals surface area contributed by atoms with E-state index in [1.54, 1.807) is 10.4 Å². The summed E-state index contributed by atoms with van der Waals surface area (Å²) in [7, 11) is 2.26. The number of hydrogen-bond acceptors (Lipinski definition) is 3. The van der Waals surface area contributed by atoms with Crippen LogP contribution in [0.4, 0.5) is 0 Å². The minimum absolute atomic E-state index is 0.667. The second-order valence-electron chi connectivity index (χ2n) is 4.52. The van der Waals surface area contributed by atoms with E-state index in [4.69, 9.17) is 5.73 Å². The Labute approximate surface area is 103 Å². The van der Waals surface area contributed by atoms with Crippen molar-refractivity contribution < 1.29 is 0 Å². The molecule has 0 radical (unpaired) electrons. The minimum Gasteiger partial charge on any atom is -0.326 e. The molecule has 0 aliphatic carbocycles. The summed E-state index contributed by atoms with van der Waals surface area (Å²) in [6.45, 7) is 0.676. The molecule has 0 saturated carbocycles. The van der Waals surface area contributed by atoms with Gasteiger partial charge in [0.2, 0.25) is 0 Å². The number of halogens is 1. The van der Waals surface area contributed by atoms with Gasteiger partial charge in [-0.25, -0.2) is 0 Å². The molecule has 2 bridgehead atoms. The molecule has 2 aliphatic rings. The zero-order chi connectivity index (χ0) is 10.6. The topological polar surface area (TPSA) is 29.3 Å². The molecule has 2 aliphatic heterocycles. The first-order valence-corrected chi connectivity index (χ1v) is 7.05. The summed E-state index contributed by atoms with van der Waals surface area (Å²) in [6, 6.07) is 1.43. The van der Waals surface area contributed by atoms with E-state index in [2.05, 4.69) is 27.9 Å². The Morgan fingerprint density at radius 1 is 1.53 bits per heavy atom. The third-order valence-electron chi connectivity index (χ3n) is 3.89. The average Bonchev–Trinajstić information content (AvgIpc) is 2.64. The first-order chi connectivity index (χ1) is 7.22. The smallest absolute Gasteiger partial charge is 0.0749 e. The van der Waals surface area contributed by atoms with E-state index < -0.39 is 0 Å². The van der Waals surface area contributed by atoms with Crippen LogP contribution in [0.1, 0.15) is 34.9 Å². The third kappa shape index (κ3) is 1.35. The Kier molecular flexibility index (Phi) is 2.43. The standard InChI is InChI=1S/C11H15BrN2S/c1-14-6-2-3-9(14)10-7(4-6)8(5-13)11(12)15-10/h6,9H,2-5,13H2,1H3. The van der Waals surface area contributed by atoms with E-state index in [0.29, 0.717) is 12.6 Å². The van der Waals surface area contributed by atoms with Gasteiger partial charge in [0.15, 0.2) is 0 Å². The van der Waals surface area contributed by atoms with Gasteiger partial charge in [-0.1, -0.05) is 0 Å².